The first-order valence-electron chi connectivity index (χ1n) is 7.21. The molecule has 3 nitrogen and oxygen atoms in total. The highest BCUT2D eigenvalue weighted by Gasteiger charge is 2.10. The summed E-state index contributed by atoms with van der Waals surface area (Å²) in [5, 5.41) is 3.53. The van der Waals surface area contributed by atoms with Crippen LogP contribution in [0.15, 0.2) is 24.3 Å². The normalized spacial score (nSPS) is 12.9. The van der Waals surface area contributed by atoms with E-state index in [4.69, 9.17) is 9.47 Å². The lowest BCUT2D eigenvalue weighted by atomic mass is 10.0. The molecule has 0 aliphatic heterocycles. The smallest absolute Gasteiger partial charge is 0.158 e. The van der Waals surface area contributed by atoms with Gasteiger partial charge in [0, 0.05) is 32.2 Å². The molecule has 108 valence electrons. The van der Waals surface area contributed by atoms with E-state index in [0.717, 1.165) is 13.0 Å². The Bertz CT molecular complexity index is 348. The molecule has 1 atom stereocenters. The molecule has 0 fully saturated rings. The minimum absolute atomic E-state index is 0.0911. The lowest BCUT2D eigenvalue weighted by Gasteiger charge is -2.20. The number of benzene rings is 1. The van der Waals surface area contributed by atoms with Gasteiger partial charge in [-0.1, -0.05) is 24.3 Å². The van der Waals surface area contributed by atoms with E-state index >= 15 is 0 Å². The van der Waals surface area contributed by atoms with E-state index in [1.165, 1.54) is 11.1 Å². The predicted molar refractivity (Wildman–Crippen MR) is 79.3 cm³/mol. The van der Waals surface area contributed by atoms with E-state index in [9.17, 15) is 0 Å². The van der Waals surface area contributed by atoms with Gasteiger partial charge in [0.05, 0.1) is 0 Å². The minimum Gasteiger partial charge on any atom is -0.353 e. The first-order valence-corrected chi connectivity index (χ1v) is 7.21. The molecular formula is C16H27NO2. The largest absolute Gasteiger partial charge is 0.353 e. The molecule has 0 saturated heterocycles. The van der Waals surface area contributed by atoms with Crippen LogP contribution in [0.2, 0.25) is 0 Å². The van der Waals surface area contributed by atoms with Crippen LogP contribution in [0, 0.1) is 6.92 Å². The van der Waals surface area contributed by atoms with Crippen LogP contribution in [0.1, 0.15) is 44.4 Å². The van der Waals surface area contributed by atoms with Crippen LogP contribution in [0.25, 0.3) is 0 Å². The average Bonchev–Trinajstić information content (AvgIpc) is 2.39. The second-order valence-corrected chi connectivity index (χ2v) is 4.66. The molecule has 1 rings (SSSR count). The molecule has 1 N–H and O–H groups in total. The fraction of sp³-hybridized carbons (Fsp3) is 0.625. The van der Waals surface area contributed by atoms with Gasteiger partial charge in [0.15, 0.2) is 6.29 Å². The van der Waals surface area contributed by atoms with Crippen molar-refractivity contribution in [1.29, 1.82) is 0 Å². The van der Waals surface area contributed by atoms with Crippen LogP contribution < -0.4 is 5.32 Å². The monoisotopic (exact) mass is 265 g/mol. The maximum atomic E-state index is 5.53. The topological polar surface area (TPSA) is 30.5 Å². The highest BCUT2D eigenvalue weighted by Crippen LogP contribution is 2.16. The summed E-state index contributed by atoms with van der Waals surface area (Å²) in [7, 11) is 0. The quantitative estimate of drug-likeness (QED) is 0.694. The van der Waals surface area contributed by atoms with E-state index in [1.54, 1.807) is 0 Å². The van der Waals surface area contributed by atoms with Crippen molar-refractivity contribution >= 4 is 0 Å². The van der Waals surface area contributed by atoms with Crippen LogP contribution >= 0.6 is 0 Å². The standard InChI is InChI=1S/C16H27NO2/c1-5-18-16(19-6-2)11-12-17-14(4)15-10-8-7-9-13(15)3/h7-10,14,16-17H,5-6,11-12H2,1-4H3/t14-/m0/s1. The summed E-state index contributed by atoms with van der Waals surface area (Å²) < 4.78 is 11.1. The number of ether oxygens (including phenoxy) is 2. The Labute approximate surface area is 117 Å². The van der Waals surface area contributed by atoms with Gasteiger partial charge in [0.1, 0.15) is 0 Å². The molecule has 1 aromatic carbocycles. The molecule has 0 spiro atoms. The van der Waals surface area contributed by atoms with Gasteiger partial charge in [-0.2, -0.15) is 0 Å². The fourth-order valence-corrected chi connectivity index (χ4v) is 2.19. The zero-order valence-corrected chi connectivity index (χ0v) is 12.6. The van der Waals surface area contributed by atoms with Gasteiger partial charge in [0.2, 0.25) is 0 Å². The Morgan fingerprint density at radius 1 is 1.11 bits per heavy atom. The molecule has 1 aromatic rings. The van der Waals surface area contributed by atoms with E-state index < -0.39 is 0 Å². The van der Waals surface area contributed by atoms with Crippen LogP contribution in [0.3, 0.4) is 0 Å². The summed E-state index contributed by atoms with van der Waals surface area (Å²) in [6.45, 7) is 10.6. The SMILES string of the molecule is CCOC(CCN[C@@H](C)c1ccccc1C)OCC. The number of hydrogen-bond acceptors (Lipinski definition) is 3. The van der Waals surface area contributed by atoms with Crippen LogP contribution in [-0.4, -0.2) is 26.0 Å². The van der Waals surface area contributed by atoms with Crippen LogP contribution in [-0.2, 0) is 9.47 Å². The van der Waals surface area contributed by atoms with Gasteiger partial charge in [-0.3, -0.25) is 0 Å². The van der Waals surface area contributed by atoms with E-state index in [0.29, 0.717) is 19.3 Å². The summed E-state index contributed by atoms with van der Waals surface area (Å²) in [6, 6.07) is 8.84. The van der Waals surface area contributed by atoms with Crippen molar-refractivity contribution in [2.75, 3.05) is 19.8 Å². The maximum absolute atomic E-state index is 5.53. The summed E-state index contributed by atoms with van der Waals surface area (Å²) in [5.41, 5.74) is 2.68. The molecule has 0 bridgehead atoms. The van der Waals surface area contributed by atoms with Gasteiger partial charge in [-0.05, 0) is 38.8 Å². The van der Waals surface area contributed by atoms with Gasteiger partial charge < -0.3 is 14.8 Å². The highest BCUT2D eigenvalue weighted by molar-refractivity contribution is 5.28. The molecule has 0 aromatic heterocycles. The zero-order chi connectivity index (χ0) is 14.1. The highest BCUT2D eigenvalue weighted by atomic mass is 16.7. The van der Waals surface area contributed by atoms with E-state index in [1.807, 2.05) is 13.8 Å². The van der Waals surface area contributed by atoms with Crippen LogP contribution in [0.4, 0.5) is 0 Å². The third-order valence-corrected chi connectivity index (χ3v) is 3.19. The van der Waals surface area contributed by atoms with Crippen LogP contribution in [0.5, 0.6) is 0 Å². The number of nitrogens with one attached hydrogen (secondary N) is 1. The van der Waals surface area contributed by atoms with Crippen molar-refractivity contribution < 1.29 is 9.47 Å². The molecular weight excluding hydrogens is 238 g/mol. The molecule has 0 amide bonds. The molecule has 19 heavy (non-hydrogen) atoms. The molecule has 0 heterocycles. The van der Waals surface area contributed by atoms with Gasteiger partial charge in [-0.25, -0.2) is 0 Å². The Morgan fingerprint density at radius 2 is 1.74 bits per heavy atom. The summed E-state index contributed by atoms with van der Waals surface area (Å²) in [6.07, 6.45) is 0.782. The Morgan fingerprint density at radius 3 is 2.32 bits per heavy atom. The summed E-state index contributed by atoms with van der Waals surface area (Å²) >= 11 is 0. The number of aryl methyl sites for hydroxylation is 1. The molecule has 0 aliphatic carbocycles. The van der Waals surface area contributed by atoms with Crippen molar-refractivity contribution in [2.24, 2.45) is 0 Å². The predicted octanol–water partition coefficient (Wildman–Crippen LogP) is 3.43. The Kier molecular flexibility index (Phi) is 7.72. The lowest BCUT2D eigenvalue weighted by molar-refractivity contribution is -0.138. The molecule has 0 saturated carbocycles. The van der Waals surface area contributed by atoms with Crippen molar-refractivity contribution in [1.82, 2.24) is 5.32 Å². The second-order valence-electron chi connectivity index (χ2n) is 4.66. The van der Waals surface area contributed by atoms with Crippen molar-refractivity contribution in [3.63, 3.8) is 0 Å². The van der Waals surface area contributed by atoms with Gasteiger partial charge >= 0.3 is 0 Å². The van der Waals surface area contributed by atoms with Crippen molar-refractivity contribution in [3.05, 3.63) is 35.4 Å². The Balaban J connectivity index is 2.37. The van der Waals surface area contributed by atoms with Crippen molar-refractivity contribution in [2.45, 2.75) is 46.4 Å². The van der Waals surface area contributed by atoms with Gasteiger partial charge in [0.25, 0.3) is 0 Å². The molecule has 0 aliphatic rings. The zero-order valence-electron chi connectivity index (χ0n) is 12.6. The first-order chi connectivity index (χ1) is 9.19. The maximum Gasteiger partial charge on any atom is 0.158 e. The first kappa shape index (κ1) is 16.2. The lowest BCUT2D eigenvalue weighted by Crippen LogP contribution is -2.27. The van der Waals surface area contributed by atoms with Crippen molar-refractivity contribution in [3.8, 4) is 0 Å². The number of rotatable bonds is 9. The third kappa shape index (κ3) is 5.72. The third-order valence-electron chi connectivity index (χ3n) is 3.19. The van der Waals surface area contributed by atoms with Gasteiger partial charge in [-0.15, -0.1) is 0 Å². The fourth-order valence-electron chi connectivity index (χ4n) is 2.19. The molecule has 0 unspecified atom stereocenters. The van der Waals surface area contributed by atoms with E-state index in [-0.39, 0.29) is 6.29 Å². The molecule has 3 heteroatoms. The Hall–Kier alpha value is -0.900. The second kappa shape index (κ2) is 9.08. The summed E-state index contributed by atoms with van der Waals surface area (Å²) in [4.78, 5) is 0. The number of hydrogen-bond donors (Lipinski definition) is 1. The summed E-state index contributed by atoms with van der Waals surface area (Å²) in [5.74, 6) is 0. The average molecular weight is 265 g/mol. The minimum atomic E-state index is -0.0911. The van der Waals surface area contributed by atoms with E-state index in [2.05, 4.69) is 43.4 Å². The molecule has 0 radical (unpaired) electrons.